The minimum Gasteiger partial charge on any atom is -0.391 e. The van der Waals surface area contributed by atoms with Crippen LogP contribution in [0.1, 0.15) is 13.8 Å². The van der Waals surface area contributed by atoms with E-state index in [1.807, 2.05) is 25.9 Å². The van der Waals surface area contributed by atoms with E-state index in [-0.39, 0.29) is 0 Å². The van der Waals surface area contributed by atoms with Crippen LogP contribution in [-0.4, -0.2) is 48.0 Å². The highest BCUT2D eigenvalue weighted by Crippen LogP contribution is 2.17. The summed E-state index contributed by atoms with van der Waals surface area (Å²) < 4.78 is 0. The van der Waals surface area contributed by atoms with Gasteiger partial charge in [-0.3, -0.25) is 4.79 Å². The summed E-state index contributed by atoms with van der Waals surface area (Å²) in [7, 11) is 3.84. The lowest BCUT2D eigenvalue weighted by atomic mass is 10.2. The summed E-state index contributed by atoms with van der Waals surface area (Å²) in [6.07, 6.45) is -0.887. The molecule has 0 aliphatic rings. The second-order valence-corrected chi connectivity index (χ2v) is 4.86. The molecule has 0 heterocycles. The first kappa shape index (κ1) is 16.1. The van der Waals surface area contributed by atoms with Crippen LogP contribution in [0.25, 0.3) is 0 Å². The molecule has 0 bridgehead atoms. The van der Waals surface area contributed by atoms with Crippen LogP contribution in [0.2, 0.25) is 0 Å². The summed E-state index contributed by atoms with van der Waals surface area (Å²) in [5.74, 6) is 0.471. The number of anilines is 1. The predicted molar refractivity (Wildman–Crippen MR) is 81.2 cm³/mol. The highest BCUT2D eigenvalue weighted by Gasteiger charge is 2.18. The van der Waals surface area contributed by atoms with Crippen LogP contribution in [0.5, 0.6) is 0 Å². The monoisotopic (exact) mass is 278 g/mol. The van der Waals surface area contributed by atoms with Gasteiger partial charge >= 0.3 is 0 Å². The van der Waals surface area contributed by atoms with Gasteiger partial charge in [-0.05, 0) is 38.1 Å². The smallest absolute Gasteiger partial charge is 0.243 e. The van der Waals surface area contributed by atoms with E-state index >= 15 is 0 Å². The summed E-state index contributed by atoms with van der Waals surface area (Å²) in [5.41, 5.74) is 6.97. The third-order valence-electron chi connectivity index (χ3n) is 2.90. The second kappa shape index (κ2) is 7.02. The maximum atomic E-state index is 11.7. The highest BCUT2D eigenvalue weighted by atomic mass is 16.3. The predicted octanol–water partition coefficient (Wildman–Crippen LogP) is 0.945. The van der Waals surface area contributed by atoms with E-state index in [2.05, 4.69) is 10.3 Å². The van der Waals surface area contributed by atoms with E-state index in [4.69, 9.17) is 5.73 Å². The van der Waals surface area contributed by atoms with Crippen molar-refractivity contribution in [1.82, 2.24) is 4.90 Å². The van der Waals surface area contributed by atoms with Gasteiger partial charge in [0.15, 0.2) is 0 Å². The number of benzene rings is 1. The zero-order valence-electron chi connectivity index (χ0n) is 12.3. The molecular weight excluding hydrogens is 256 g/mol. The van der Waals surface area contributed by atoms with E-state index in [1.54, 1.807) is 24.3 Å². The van der Waals surface area contributed by atoms with Crippen molar-refractivity contribution in [3.05, 3.63) is 24.3 Å². The molecule has 0 saturated heterocycles. The number of carbonyl (C=O) groups excluding carboxylic acids is 1. The van der Waals surface area contributed by atoms with Crippen LogP contribution >= 0.6 is 0 Å². The van der Waals surface area contributed by atoms with Crippen LogP contribution in [0.3, 0.4) is 0 Å². The van der Waals surface area contributed by atoms with Crippen LogP contribution in [-0.2, 0) is 4.79 Å². The summed E-state index contributed by atoms with van der Waals surface area (Å²) >= 11 is 0. The van der Waals surface area contributed by atoms with Crippen LogP contribution in [0, 0.1) is 0 Å². The molecule has 1 aromatic rings. The Kier molecular flexibility index (Phi) is 5.66. The van der Waals surface area contributed by atoms with Gasteiger partial charge in [0.25, 0.3) is 0 Å². The number of aliphatic imine (C=N–C) groups is 1. The van der Waals surface area contributed by atoms with Crippen molar-refractivity contribution in [2.45, 2.75) is 26.0 Å². The molecule has 1 unspecified atom stereocenters. The maximum Gasteiger partial charge on any atom is 0.243 e. The molecule has 0 saturated carbocycles. The lowest BCUT2D eigenvalue weighted by Gasteiger charge is -2.14. The zero-order valence-corrected chi connectivity index (χ0v) is 12.3. The van der Waals surface area contributed by atoms with Gasteiger partial charge in [-0.25, -0.2) is 4.99 Å². The lowest BCUT2D eigenvalue weighted by Crippen LogP contribution is -2.43. The topological polar surface area (TPSA) is 91.0 Å². The van der Waals surface area contributed by atoms with Gasteiger partial charge in [-0.1, -0.05) is 0 Å². The quantitative estimate of drug-likeness (QED) is 0.565. The molecule has 1 rings (SSSR count). The van der Waals surface area contributed by atoms with Crippen molar-refractivity contribution >= 4 is 23.1 Å². The SMILES string of the molecule is C/C(=N\c1ccc(NC(=O)[C@@H](N)C(C)O)cc1)N(C)C. The Balaban J connectivity index is 2.73. The Morgan fingerprint density at radius 3 is 2.35 bits per heavy atom. The first-order chi connectivity index (χ1) is 9.31. The lowest BCUT2D eigenvalue weighted by molar-refractivity contribution is -0.119. The average molecular weight is 278 g/mol. The molecule has 1 aromatic carbocycles. The largest absolute Gasteiger partial charge is 0.391 e. The standard InChI is InChI=1S/C14H22N4O2/c1-9(19)13(15)14(20)17-12-7-5-11(6-8-12)16-10(2)18(3)4/h5-9,13,19H,15H2,1-4H3,(H,17,20)/b16-10+/t9?,13-/m0/s1. The van der Waals surface area contributed by atoms with Gasteiger partial charge in [0.1, 0.15) is 11.9 Å². The van der Waals surface area contributed by atoms with Crippen molar-refractivity contribution < 1.29 is 9.90 Å². The molecule has 110 valence electrons. The fraction of sp³-hybridized carbons (Fsp3) is 0.429. The molecule has 1 amide bonds. The minimum atomic E-state index is -0.941. The van der Waals surface area contributed by atoms with Crippen molar-refractivity contribution in [3.8, 4) is 0 Å². The van der Waals surface area contributed by atoms with Crippen molar-refractivity contribution in [2.75, 3.05) is 19.4 Å². The fourth-order valence-corrected chi connectivity index (χ4v) is 1.35. The Labute approximate surface area is 119 Å². The summed E-state index contributed by atoms with van der Waals surface area (Å²) in [6.45, 7) is 3.39. The van der Waals surface area contributed by atoms with Gasteiger partial charge in [0.2, 0.25) is 5.91 Å². The van der Waals surface area contributed by atoms with Gasteiger partial charge in [0, 0.05) is 19.8 Å². The van der Waals surface area contributed by atoms with Gasteiger partial charge < -0.3 is 21.1 Å². The number of nitrogens with one attached hydrogen (secondary N) is 1. The van der Waals surface area contributed by atoms with Crippen molar-refractivity contribution in [2.24, 2.45) is 10.7 Å². The van der Waals surface area contributed by atoms with E-state index in [1.165, 1.54) is 6.92 Å². The molecule has 0 aliphatic heterocycles. The molecular formula is C14H22N4O2. The van der Waals surface area contributed by atoms with Gasteiger partial charge in [-0.15, -0.1) is 0 Å². The number of aliphatic hydroxyl groups is 1. The Morgan fingerprint density at radius 1 is 1.35 bits per heavy atom. The molecule has 20 heavy (non-hydrogen) atoms. The maximum absolute atomic E-state index is 11.7. The molecule has 2 atom stereocenters. The van der Waals surface area contributed by atoms with Gasteiger partial charge in [0.05, 0.1) is 11.8 Å². The molecule has 0 aliphatic carbocycles. The number of hydrogen-bond acceptors (Lipinski definition) is 4. The third-order valence-corrected chi connectivity index (χ3v) is 2.90. The van der Waals surface area contributed by atoms with Crippen LogP contribution in [0.15, 0.2) is 29.3 Å². The van der Waals surface area contributed by atoms with Crippen molar-refractivity contribution in [1.29, 1.82) is 0 Å². The Hall–Kier alpha value is -1.92. The number of aliphatic hydroxyl groups excluding tert-OH is 1. The first-order valence-corrected chi connectivity index (χ1v) is 6.38. The van der Waals surface area contributed by atoms with E-state index < -0.39 is 18.1 Å². The normalized spacial score (nSPS) is 14.6. The Bertz CT molecular complexity index is 480. The second-order valence-electron chi connectivity index (χ2n) is 4.86. The van der Waals surface area contributed by atoms with Crippen LogP contribution in [0.4, 0.5) is 11.4 Å². The minimum absolute atomic E-state index is 0.416. The zero-order chi connectivity index (χ0) is 15.3. The fourth-order valence-electron chi connectivity index (χ4n) is 1.35. The Morgan fingerprint density at radius 2 is 1.90 bits per heavy atom. The van der Waals surface area contributed by atoms with E-state index in [9.17, 15) is 9.90 Å². The highest BCUT2D eigenvalue weighted by molar-refractivity contribution is 5.95. The molecule has 6 heteroatoms. The molecule has 0 spiro atoms. The van der Waals surface area contributed by atoms with Crippen molar-refractivity contribution in [3.63, 3.8) is 0 Å². The molecule has 0 radical (unpaired) electrons. The molecule has 6 nitrogen and oxygen atoms in total. The van der Waals surface area contributed by atoms with E-state index in [0.29, 0.717) is 5.69 Å². The summed E-state index contributed by atoms with van der Waals surface area (Å²) in [5, 5.41) is 11.9. The number of nitrogens with zero attached hydrogens (tertiary/aromatic N) is 2. The van der Waals surface area contributed by atoms with E-state index in [0.717, 1.165) is 11.5 Å². The number of rotatable bonds is 4. The summed E-state index contributed by atoms with van der Waals surface area (Å²) in [6, 6.07) is 6.15. The van der Waals surface area contributed by atoms with Gasteiger partial charge in [-0.2, -0.15) is 0 Å². The van der Waals surface area contributed by atoms with Crippen LogP contribution < -0.4 is 11.1 Å². The first-order valence-electron chi connectivity index (χ1n) is 6.38. The third kappa shape index (κ3) is 4.64. The molecule has 4 N–H and O–H groups in total. The molecule has 0 aromatic heterocycles. The average Bonchev–Trinajstić information content (AvgIpc) is 2.39. The number of carbonyl (C=O) groups is 1. The molecule has 0 fully saturated rings. The number of hydrogen-bond donors (Lipinski definition) is 3. The number of amides is 1. The summed E-state index contributed by atoms with van der Waals surface area (Å²) in [4.78, 5) is 18.0. The number of amidine groups is 1. The number of nitrogens with two attached hydrogens (primary N) is 1.